The van der Waals surface area contributed by atoms with Crippen LogP contribution in [-0.2, 0) is 11.3 Å². The van der Waals surface area contributed by atoms with Crippen molar-refractivity contribution in [1.82, 2.24) is 9.55 Å². The van der Waals surface area contributed by atoms with Crippen LogP contribution in [0.3, 0.4) is 0 Å². The first-order chi connectivity index (χ1) is 12.4. The highest BCUT2D eigenvalue weighted by atomic mass is 79.9. The predicted octanol–water partition coefficient (Wildman–Crippen LogP) is 6.31. The van der Waals surface area contributed by atoms with Crippen molar-refractivity contribution in [3.8, 4) is 0 Å². The molecule has 3 aromatic rings. The van der Waals surface area contributed by atoms with Gasteiger partial charge >= 0.3 is 5.97 Å². The molecule has 4 nitrogen and oxygen atoms in total. The van der Waals surface area contributed by atoms with Crippen molar-refractivity contribution in [2.45, 2.75) is 12.6 Å². The van der Waals surface area contributed by atoms with Crippen molar-refractivity contribution in [2.75, 3.05) is 0 Å². The molecule has 8 heteroatoms. The second kappa shape index (κ2) is 8.57. The van der Waals surface area contributed by atoms with Crippen molar-refractivity contribution in [3.05, 3.63) is 85.2 Å². The highest BCUT2D eigenvalue weighted by Crippen LogP contribution is 2.31. The van der Waals surface area contributed by atoms with Gasteiger partial charge in [0, 0.05) is 26.9 Å². The van der Waals surface area contributed by atoms with Crippen molar-refractivity contribution >= 4 is 61.0 Å². The average Bonchev–Trinajstić information content (AvgIpc) is 3.10. The number of benzene rings is 2. The first-order valence-electron chi connectivity index (χ1n) is 7.51. The number of hydrogen-bond donors (Lipinski definition) is 0. The molecule has 0 N–H and O–H groups in total. The van der Waals surface area contributed by atoms with Crippen LogP contribution in [-0.4, -0.2) is 15.5 Å². The summed E-state index contributed by atoms with van der Waals surface area (Å²) in [5, 5.41) is 0.686. The summed E-state index contributed by atoms with van der Waals surface area (Å²) < 4.78 is 9.38. The van der Waals surface area contributed by atoms with E-state index in [1.807, 2.05) is 29.0 Å². The van der Waals surface area contributed by atoms with E-state index in [0.717, 1.165) is 14.5 Å². The topological polar surface area (TPSA) is 44.1 Å². The standard InChI is InChI=1S/C18H12Br2Cl2N2O2/c19-12-2-3-13(14(20)8-12)17(9-24-6-5-23-10-24)26-18(25)11-1-4-15(21)16(22)7-11/h1-8,10,17H,9H2. The second-order valence-electron chi connectivity index (χ2n) is 5.45. The fourth-order valence-corrected chi connectivity index (χ4v) is 3.97. The first kappa shape index (κ1) is 19.4. The molecule has 0 saturated heterocycles. The second-order valence-corrected chi connectivity index (χ2v) is 8.03. The average molecular weight is 519 g/mol. The number of esters is 1. The Bertz CT molecular complexity index is 933. The van der Waals surface area contributed by atoms with Gasteiger partial charge in [0.15, 0.2) is 0 Å². The maximum atomic E-state index is 12.6. The molecule has 0 aliphatic heterocycles. The van der Waals surface area contributed by atoms with Crippen LogP contribution in [0.2, 0.25) is 10.0 Å². The molecular formula is C18H12Br2Cl2N2O2. The first-order valence-corrected chi connectivity index (χ1v) is 9.85. The van der Waals surface area contributed by atoms with Crippen molar-refractivity contribution in [1.29, 1.82) is 0 Å². The normalized spacial score (nSPS) is 12.0. The summed E-state index contributed by atoms with van der Waals surface area (Å²) in [6.45, 7) is 0.424. The molecular weight excluding hydrogens is 507 g/mol. The molecule has 26 heavy (non-hydrogen) atoms. The summed E-state index contributed by atoms with van der Waals surface area (Å²) in [6, 6.07) is 10.4. The Morgan fingerprint density at radius 3 is 2.62 bits per heavy atom. The van der Waals surface area contributed by atoms with Gasteiger partial charge in [0.1, 0.15) is 6.10 Å². The number of carbonyl (C=O) groups excluding carboxylic acids is 1. The Balaban J connectivity index is 1.89. The molecule has 0 aliphatic carbocycles. The third-order valence-electron chi connectivity index (χ3n) is 3.65. The van der Waals surface area contributed by atoms with Crippen molar-refractivity contribution in [2.24, 2.45) is 0 Å². The fourth-order valence-electron chi connectivity index (χ4n) is 2.37. The SMILES string of the molecule is O=C(OC(Cn1ccnc1)c1ccc(Br)cc1Br)c1ccc(Cl)c(Cl)c1. The van der Waals surface area contributed by atoms with E-state index in [-0.39, 0.29) is 0 Å². The molecule has 1 heterocycles. The Morgan fingerprint density at radius 2 is 1.96 bits per heavy atom. The van der Waals surface area contributed by atoms with Crippen LogP contribution >= 0.6 is 55.1 Å². The number of carbonyl (C=O) groups is 1. The summed E-state index contributed by atoms with van der Waals surface area (Å²) in [5.41, 5.74) is 1.18. The Morgan fingerprint density at radius 1 is 1.15 bits per heavy atom. The van der Waals surface area contributed by atoms with Gasteiger partial charge in [0.25, 0.3) is 0 Å². The smallest absolute Gasteiger partial charge is 0.338 e. The molecule has 1 aromatic heterocycles. The van der Waals surface area contributed by atoms with Crippen LogP contribution in [0, 0.1) is 0 Å². The predicted molar refractivity (Wildman–Crippen MR) is 109 cm³/mol. The van der Waals surface area contributed by atoms with Gasteiger partial charge in [-0.3, -0.25) is 0 Å². The molecule has 134 valence electrons. The van der Waals surface area contributed by atoms with Gasteiger partial charge in [-0.2, -0.15) is 0 Å². The fraction of sp³-hybridized carbons (Fsp3) is 0.111. The number of hydrogen-bond acceptors (Lipinski definition) is 3. The molecule has 3 rings (SSSR count). The number of nitrogens with zero attached hydrogens (tertiary/aromatic N) is 2. The Hall–Kier alpha value is -1.34. The zero-order valence-corrected chi connectivity index (χ0v) is 17.9. The molecule has 0 spiro atoms. The number of rotatable bonds is 5. The highest BCUT2D eigenvalue weighted by Gasteiger charge is 2.21. The van der Waals surface area contributed by atoms with Crippen LogP contribution in [0.15, 0.2) is 64.1 Å². The van der Waals surface area contributed by atoms with Crippen molar-refractivity contribution in [3.63, 3.8) is 0 Å². The third kappa shape index (κ3) is 4.68. The molecule has 0 bridgehead atoms. The minimum atomic E-state index is -0.520. The van der Waals surface area contributed by atoms with E-state index in [4.69, 9.17) is 27.9 Å². The van der Waals surface area contributed by atoms with Crippen molar-refractivity contribution < 1.29 is 9.53 Å². The van der Waals surface area contributed by atoms with E-state index in [0.29, 0.717) is 22.2 Å². The summed E-state index contributed by atoms with van der Waals surface area (Å²) in [6.07, 6.45) is 4.64. The van der Waals surface area contributed by atoms with Gasteiger partial charge < -0.3 is 9.30 Å². The maximum absolute atomic E-state index is 12.6. The quantitative estimate of drug-likeness (QED) is 0.372. The third-order valence-corrected chi connectivity index (χ3v) is 5.57. The van der Waals surface area contributed by atoms with Gasteiger partial charge in [-0.15, -0.1) is 0 Å². The highest BCUT2D eigenvalue weighted by molar-refractivity contribution is 9.11. The monoisotopic (exact) mass is 516 g/mol. The van der Waals surface area contributed by atoms with Crippen LogP contribution < -0.4 is 0 Å². The summed E-state index contributed by atoms with van der Waals surface area (Å²) in [7, 11) is 0. The Labute approximate surface area is 177 Å². The lowest BCUT2D eigenvalue weighted by atomic mass is 10.1. The number of imidazole rings is 1. The zero-order chi connectivity index (χ0) is 18.7. The minimum absolute atomic E-state index is 0.303. The molecule has 0 aliphatic rings. The van der Waals surface area contributed by atoms with E-state index in [2.05, 4.69) is 36.8 Å². The van der Waals surface area contributed by atoms with Gasteiger partial charge in [-0.25, -0.2) is 9.78 Å². The molecule has 1 unspecified atom stereocenters. The van der Waals surface area contributed by atoms with Crippen LogP contribution in [0.25, 0.3) is 0 Å². The van der Waals surface area contributed by atoms with Gasteiger partial charge in [0.05, 0.1) is 28.5 Å². The van der Waals surface area contributed by atoms with E-state index in [1.165, 1.54) is 6.07 Å². The molecule has 0 saturated carbocycles. The lowest BCUT2D eigenvalue weighted by molar-refractivity contribution is 0.0253. The number of aromatic nitrogens is 2. The molecule has 0 fully saturated rings. The summed E-state index contributed by atoms with van der Waals surface area (Å²) in [4.78, 5) is 16.7. The number of ether oxygens (including phenoxy) is 1. The molecule has 0 amide bonds. The maximum Gasteiger partial charge on any atom is 0.338 e. The lowest BCUT2D eigenvalue weighted by Gasteiger charge is -2.20. The Kier molecular flexibility index (Phi) is 6.40. The van der Waals surface area contributed by atoms with Gasteiger partial charge in [-0.05, 0) is 30.3 Å². The molecule has 1 atom stereocenters. The zero-order valence-electron chi connectivity index (χ0n) is 13.2. The van der Waals surface area contributed by atoms with Crippen LogP contribution in [0.1, 0.15) is 22.0 Å². The largest absolute Gasteiger partial charge is 0.452 e. The molecule has 0 radical (unpaired) electrons. The minimum Gasteiger partial charge on any atom is -0.452 e. The van der Waals surface area contributed by atoms with E-state index >= 15 is 0 Å². The van der Waals surface area contributed by atoms with Crippen LogP contribution in [0.5, 0.6) is 0 Å². The number of halogens is 4. The van der Waals surface area contributed by atoms with Gasteiger partial charge in [0.2, 0.25) is 0 Å². The van der Waals surface area contributed by atoms with E-state index < -0.39 is 12.1 Å². The molecule has 2 aromatic carbocycles. The van der Waals surface area contributed by atoms with E-state index in [1.54, 1.807) is 24.7 Å². The van der Waals surface area contributed by atoms with Gasteiger partial charge in [-0.1, -0.05) is 61.1 Å². The van der Waals surface area contributed by atoms with Crippen LogP contribution in [0.4, 0.5) is 0 Å². The lowest BCUT2D eigenvalue weighted by Crippen LogP contribution is -2.17. The van der Waals surface area contributed by atoms with E-state index in [9.17, 15) is 4.79 Å². The summed E-state index contributed by atoms with van der Waals surface area (Å²) >= 11 is 18.9. The summed E-state index contributed by atoms with van der Waals surface area (Å²) in [5.74, 6) is -0.483.